The molecule has 1 heterocycles. The van der Waals surface area contributed by atoms with Crippen LogP contribution in [0, 0.1) is 0 Å². The highest BCUT2D eigenvalue weighted by Crippen LogP contribution is 2.14. The Morgan fingerprint density at radius 2 is 2.05 bits per heavy atom. The summed E-state index contributed by atoms with van der Waals surface area (Å²) in [6, 6.07) is 3.14. The van der Waals surface area contributed by atoms with E-state index in [2.05, 4.69) is 16.6 Å². The molecule has 0 bridgehead atoms. The van der Waals surface area contributed by atoms with Crippen LogP contribution in [0.15, 0.2) is 34.3 Å². The van der Waals surface area contributed by atoms with Crippen LogP contribution in [0.25, 0.3) is 0 Å². The zero-order valence-corrected chi connectivity index (χ0v) is 12.5. The van der Waals surface area contributed by atoms with E-state index in [9.17, 15) is 8.42 Å². The second-order valence-corrected chi connectivity index (χ2v) is 7.00. The third-order valence-corrected chi connectivity index (χ3v) is 3.67. The lowest BCUT2D eigenvalue weighted by molar-refractivity contribution is 0.359. The van der Waals surface area contributed by atoms with E-state index in [1.54, 1.807) is 12.1 Å². The minimum atomic E-state index is -3.56. The predicted octanol–water partition coefficient (Wildman–Crippen LogP) is 2.02. The van der Waals surface area contributed by atoms with Crippen LogP contribution in [0.4, 0.5) is 0 Å². The van der Waals surface area contributed by atoms with Crippen molar-refractivity contribution in [1.29, 1.82) is 0 Å². The van der Waals surface area contributed by atoms with Crippen LogP contribution in [0.3, 0.4) is 0 Å². The lowest BCUT2D eigenvalue weighted by Crippen LogP contribution is -2.34. The first-order valence-corrected chi connectivity index (χ1v) is 7.67. The number of hydrogen-bond donors (Lipinski definition) is 2. The fourth-order valence-electron chi connectivity index (χ4n) is 1.32. The van der Waals surface area contributed by atoms with Crippen molar-refractivity contribution in [3.63, 3.8) is 0 Å². The topological polar surface area (TPSA) is 71.3 Å². The molecule has 0 aliphatic rings. The first kappa shape index (κ1) is 15.9. The molecule has 5 nitrogen and oxygen atoms in total. The van der Waals surface area contributed by atoms with E-state index >= 15 is 0 Å². The molecule has 0 saturated carbocycles. The van der Waals surface area contributed by atoms with Crippen LogP contribution in [0.2, 0.25) is 0 Å². The molecule has 0 aliphatic carbocycles. The van der Waals surface area contributed by atoms with Gasteiger partial charge in [0.25, 0.3) is 10.0 Å². The molecule has 19 heavy (non-hydrogen) atoms. The maximum absolute atomic E-state index is 11.9. The maximum Gasteiger partial charge on any atom is 0.273 e. The molecule has 0 saturated heterocycles. The summed E-state index contributed by atoms with van der Waals surface area (Å²) in [5, 5.41) is 3.18. The van der Waals surface area contributed by atoms with Crippen molar-refractivity contribution in [3.8, 4) is 0 Å². The minimum Gasteiger partial charge on any atom is -0.447 e. The van der Waals surface area contributed by atoms with E-state index in [4.69, 9.17) is 4.42 Å². The molecule has 0 radical (unpaired) electrons. The summed E-state index contributed by atoms with van der Waals surface area (Å²) in [4.78, 5) is 0. The second-order valence-electron chi connectivity index (χ2n) is 5.30. The third-order valence-electron chi connectivity index (χ3n) is 2.34. The average molecular weight is 286 g/mol. The summed E-state index contributed by atoms with van der Waals surface area (Å²) >= 11 is 0. The normalized spacial score (nSPS) is 12.6. The van der Waals surface area contributed by atoms with Gasteiger partial charge in [-0.15, -0.1) is 6.58 Å². The Morgan fingerprint density at radius 1 is 1.37 bits per heavy atom. The predicted molar refractivity (Wildman–Crippen MR) is 75.3 cm³/mol. The van der Waals surface area contributed by atoms with E-state index in [-0.39, 0.29) is 10.6 Å². The molecule has 1 aromatic heterocycles. The summed E-state index contributed by atoms with van der Waals surface area (Å²) in [6.45, 7) is 10.4. The van der Waals surface area contributed by atoms with Gasteiger partial charge in [0.1, 0.15) is 5.76 Å². The molecule has 108 valence electrons. The second kappa shape index (κ2) is 6.36. The molecule has 0 unspecified atom stereocenters. The number of furan rings is 1. The van der Waals surface area contributed by atoms with Crippen LogP contribution in [0.5, 0.6) is 0 Å². The monoisotopic (exact) mass is 286 g/mol. The van der Waals surface area contributed by atoms with Crippen molar-refractivity contribution >= 4 is 10.0 Å². The highest BCUT2D eigenvalue weighted by atomic mass is 32.2. The van der Waals surface area contributed by atoms with Crippen LogP contribution in [0.1, 0.15) is 33.0 Å². The summed E-state index contributed by atoms with van der Waals surface area (Å²) in [5.74, 6) is 0.596. The summed E-state index contributed by atoms with van der Waals surface area (Å²) < 4.78 is 31.5. The van der Waals surface area contributed by atoms with Crippen LogP contribution in [-0.4, -0.2) is 20.5 Å². The average Bonchev–Trinajstić information content (AvgIpc) is 2.75. The Labute approximate surface area is 115 Å². The fraction of sp³-hybridized carbons (Fsp3) is 0.538. The van der Waals surface area contributed by atoms with Crippen LogP contribution < -0.4 is 10.0 Å². The van der Waals surface area contributed by atoms with Gasteiger partial charge in [-0.1, -0.05) is 6.08 Å². The smallest absolute Gasteiger partial charge is 0.273 e. The van der Waals surface area contributed by atoms with Gasteiger partial charge in [0.2, 0.25) is 5.09 Å². The lowest BCUT2D eigenvalue weighted by Gasteiger charge is -2.19. The minimum absolute atomic E-state index is 0.0476. The molecular formula is C13H22N2O3S. The van der Waals surface area contributed by atoms with Crippen molar-refractivity contribution in [3.05, 3.63) is 30.5 Å². The van der Waals surface area contributed by atoms with Gasteiger partial charge in [0.15, 0.2) is 0 Å². The van der Waals surface area contributed by atoms with E-state index in [0.717, 1.165) is 0 Å². The molecule has 1 aromatic rings. The van der Waals surface area contributed by atoms with Crippen LogP contribution >= 0.6 is 0 Å². The van der Waals surface area contributed by atoms with Crippen molar-refractivity contribution in [2.75, 3.05) is 6.54 Å². The Balaban J connectivity index is 2.65. The van der Waals surface area contributed by atoms with Gasteiger partial charge < -0.3 is 9.73 Å². The van der Waals surface area contributed by atoms with Gasteiger partial charge in [0.05, 0.1) is 6.54 Å². The molecule has 0 aromatic carbocycles. The quantitative estimate of drug-likeness (QED) is 0.594. The van der Waals surface area contributed by atoms with Crippen molar-refractivity contribution < 1.29 is 12.8 Å². The van der Waals surface area contributed by atoms with Gasteiger partial charge in [0, 0.05) is 12.1 Å². The number of rotatable bonds is 7. The van der Waals surface area contributed by atoms with Crippen molar-refractivity contribution in [1.82, 2.24) is 10.0 Å². The Hall–Kier alpha value is -1.11. The van der Waals surface area contributed by atoms with Crippen LogP contribution in [-0.2, 0) is 16.6 Å². The molecule has 0 aliphatic heterocycles. The lowest BCUT2D eigenvalue weighted by atomic mass is 10.1. The Kier molecular flexibility index (Phi) is 5.34. The van der Waals surface area contributed by atoms with Crippen molar-refractivity contribution in [2.24, 2.45) is 0 Å². The molecular weight excluding hydrogens is 264 g/mol. The molecule has 0 amide bonds. The SMILES string of the molecule is C=CCCNS(=O)(=O)c1ccc(CNC(C)(C)C)o1. The molecule has 2 N–H and O–H groups in total. The zero-order chi connectivity index (χ0) is 14.5. The summed E-state index contributed by atoms with van der Waals surface area (Å²) in [7, 11) is -3.56. The number of hydrogen-bond acceptors (Lipinski definition) is 4. The van der Waals surface area contributed by atoms with Gasteiger partial charge in [-0.25, -0.2) is 13.1 Å². The summed E-state index contributed by atoms with van der Waals surface area (Å²) in [6.07, 6.45) is 2.24. The molecule has 0 atom stereocenters. The van der Waals surface area contributed by atoms with E-state index < -0.39 is 10.0 Å². The van der Waals surface area contributed by atoms with Gasteiger partial charge >= 0.3 is 0 Å². The highest BCUT2D eigenvalue weighted by molar-refractivity contribution is 7.89. The highest BCUT2D eigenvalue weighted by Gasteiger charge is 2.18. The fourth-order valence-corrected chi connectivity index (χ4v) is 2.31. The standard InChI is InChI=1S/C13H22N2O3S/c1-5-6-9-15-19(16,17)12-8-7-11(18-12)10-14-13(2,3)4/h5,7-8,14-15H,1,6,9-10H2,2-4H3. The van der Waals surface area contributed by atoms with Crippen molar-refractivity contribution in [2.45, 2.75) is 44.4 Å². The first-order chi connectivity index (χ1) is 8.74. The van der Waals surface area contributed by atoms with E-state index in [1.165, 1.54) is 6.07 Å². The van der Waals surface area contributed by atoms with Gasteiger partial charge in [-0.3, -0.25) is 0 Å². The maximum atomic E-state index is 11.9. The Bertz CT molecular complexity index is 512. The largest absolute Gasteiger partial charge is 0.447 e. The molecule has 6 heteroatoms. The Morgan fingerprint density at radius 3 is 2.63 bits per heavy atom. The van der Waals surface area contributed by atoms with Gasteiger partial charge in [-0.2, -0.15) is 0 Å². The molecule has 0 fully saturated rings. The van der Waals surface area contributed by atoms with E-state index in [1.807, 2.05) is 20.8 Å². The summed E-state index contributed by atoms with van der Waals surface area (Å²) in [5.41, 5.74) is -0.0476. The number of nitrogens with one attached hydrogen (secondary N) is 2. The zero-order valence-electron chi connectivity index (χ0n) is 11.7. The molecule has 1 rings (SSSR count). The van der Waals surface area contributed by atoms with Gasteiger partial charge in [-0.05, 0) is 39.3 Å². The first-order valence-electron chi connectivity index (χ1n) is 6.19. The van der Waals surface area contributed by atoms with E-state index in [0.29, 0.717) is 25.3 Å². The molecule has 0 spiro atoms. The number of sulfonamides is 1. The third kappa shape index (κ3) is 5.59.